The van der Waals surface area contributed by atoms with Crippen LogP contribution >= 0.6 is 0 Å². The van der Waals surface area contributed by atoms with Crippen LogP contribution in [0.25, 0.3) is 0 Å². The number of hydrogen-bond acceptors (Lipinski definition) is 4. The Morgan fingerprint density at radius 2 is 2.19 bits per heavy atom. The largest absolute Gasteiger partial charge is 0.480 e. The van der Waals surface area contributed by atoms with E-state index in [1.807, 2.05) is 0 Å². The number of nitrogens with zero attached hydrogens (tertiary/aromatic N) is 3. The molecule has 0 saturated carbocycles. The number of aromatic nitrogens is 2. The van der Waals surface area contributed by atoms with Crippen LogP contribution in [0.5, 0.6) is 0 Å². The van der Waals surface area contributed by atoms with E-state index in [9.17, 15) is 17.6 Å². The highest BCUT2D eigenvalue weighted by molar-refractivity contribution is 7.92. The van der Waals surface area contributed by atoms with Crippen LogP contribution in [-0.2, 0) is 21.4 Å². The number of hydrogen-bond donors (Lipinski definition) is 1. The summed E-state index contributed by atoms with van der Waals surface area (Å²) in [6.07, 6.45) is 2.16. The van der Waals surface area contributed by atoms with E-state index in [-0.39, 0.29) is 10.6 Å². The van der Waals surface area contributed by atoms with Crippen LogP contribution in [0.2, 0.25) is 0 Å². The molecule has 0 aliphatic carbocycles. The molecular weight excluding hydrogens is 301 g/mol. The summed E-state index contributed by atoms with van der Waals surface area (Å²) >= 11 is 0. The molecule has 0 unspecified atom stereocenters. The van der Waals surface area contributed by atoms with Gasteiger partial charge in [-0.2, -0.15) is 5.10 Å². The molecule has 0 amide bonds. The number of rotatable bonds is 5. The molecule has 1 N–H and O–H groups in total. The quantitative estimate of drug-likeness (QED) is 0.886. The van der Waals surface area contributed by atoms with Gasteiger partial charge in [0.15, 0.2) is 0 Å². The summed E-state index contributed by atoms with van der Waals surface area (Å²) in [4.78, 5) is 10.4. The number of anilines is 1. The van der Waals surface area contributed by atoms with Crippen molar-refractivity contribution < 1.29 is 22.7 Å². The summed E-state index contributed by atoms with van der Waals surface area (Å²) in [6.45, 7) is -0.445. The fourth-order valence-corrected chi connectivity index (χ4v) is 2.81. The number of aliphatic carboxylic acids is 1. The lowest BCUT2D eigenvalue weighted by Crippen LogP contribution is -2.26. The molecule has 21 heavy (non-hydrogen) atoms. The van der Waals surface area contributed by atoms with Crippen molar-refractivity contribution in [1.82, 2.24) is 9.78 Å². The summed E-state index contributed by atoms with van der Waals surface area (Å²) in [7, 11) is -2.66. The molecule has 0 aliphatic heterocycles. The van der Waals surface area contributed by atoms with Crippen molar-refractivity contribution in [2.24, 2.45) is 0 Å². The minimum atomic E-state index is -3.93. The molecule has 112 valence electrons. The second-order valence-electron chi connectivity index (χ2n) is 4.22. The number of carboxylic acid groups (broad SMARTS) is 1. The Kier molecular flexibility index (Phi) is 3.94. The highest BCUT2D eigenvalue weighted by atomic mass is 32.2. The Hall–Kier alpha value is -2.42. The maximum Gasteiger partial charge on any atom is 0.325 e. The van der Waals surface area contributed by atoms with Gasteiger partial charge in [0, 0.05) is 13.2 Å². The van der Waals surface area contributed by atoms with Crippen molar-refractivity contribution in [1.29, 1.82) is 0 Å². The van der Waals surface area contributed by atoms with E-state index in [0.717, 1.165) is 27.4 Å². The SMILES string of the molecule is CN(c1cccc(F)c1)S(=O)(=O)c1cnn(CC(=O)O)c1. The lowest BCUT2D eigenvalue weighted by Gasteiger charge is -2.18. The minimum Gasteiger partial charge on any atom is -0.480 e. The second kappa shape index (κ2) is 5.52. The standard InChI is InChI=1S/C12H12FN3O4S/c1-15(10-4-2-3-9(13)5-10)21(19,20)11-6-14-16(7-11)8-12(17)18/h2-7H,8H2,1H3,(H,17,18). The van der Waals surface area contributed by atoms with E-state index in [4.69, 9.17) is 5.11 Å². The lowest BCUT2D eigenvalue weighted by atomic mass is 10.3. The zero-order chi connectivity index (χ0) is 15.6. The molecule has 9 heteroatoms. The number of carbonyl (C=O) groups is 1. The fourth-order valence-electron chi connectivity index (χ4n) is 1.67. The van der Waals surface area contributed by atoms with Gasteiger partial charge >= 0.3 is 5.97 Å². The van der Waals surface area contributed by atoms with E-state index in [2.05, 4.69) is 5.10 Å². The monoisotopic (exact) mass is 313 g/mol. The number of halogens is 1. The van der Waals surface area contributed by atoms with Gasteiger partial charge in [-0.15, -0.1) is 0 Å². The highest BCUT2D eigenvalue weighted by Gasteiger charge is 2.23. The molecule has 0 aliphatic rings. The van der Waals surface area contributed by atoms with Crippen LogP contribution < -0.4 is 4.31 Å². The molecule has 0 radical (unpaired) electrons. The summed E-state index contributed by atoms with van der Waals surface area (Å²) in [6, 6.07) is 5.13. The first-order valence-electron chi connectivity index (χ1n) is 5.79. The second-order valence-corrected chi connectivity index (χ2v) is 6.19. The van der Waals surface area contributed by atoms with Crippen molar-refractivity contribution >= 4 is 21.7 Å². The van der Waals surface area contributed by atoms with Gasteiger partial charge in [-0.1, -0.05) is 6.07 Å². The fraction of sp³-hybridized carbons (Fsp3) is 0.167. The van der Waals surface area contributed by atoms with Gasteiger partial charge in [0.05, 0.1) is 11.9 Å². The summed E-state index contributed by atoms with van der Waals surface area (Å²) in [5, 5.41) is 12.3. The van der Waals surface area contributed by atoms with Crippen LogP contribution in [0.3, 0.4) is 0 Å². The summed E-state index contributed by atoms with van der Waals surface area (Å²) < 4.78 is 39.7. The van der Waals surface area contributed by atoms with E-state index in [1.54, 1.807) is 0 Å². The van der Waals surface area contributed by atoms with Crippen molar-refractivity contribution in [2.45, 2.75) is 11.4 Å². The normalized spacial score (nSPS) is 11.3. The molecule has 2 aromatic rings. The molecule has 0 spiro atoms. The van der Waals surface area contributed by atoms with Crippen LogP contribution in [0.15, 0.2) is 41.6 Å². The third-order valence-electron chi connectivity index (χ3n) is 2.74. The molecule has 0 bridgehead atoms. The van der Waals surface area contributed by atoms with Gasteiger partial charge in [-0.3, -0.25) is 13.8 Å². The topological polar surface area (TPSA) is 92.5 Å². The van der Waals surface area contributed by atoms with Gasteiger partial charge in [-0.25, -0.2) is 12.8 Å². The lowest BCUT2D eigenvalue weighted by molar-refractivity contribution is -0.137. The first kappa shape index (κ1) is 15.0. The maximum atomic E-state index is 13.2. The molecule has 1 heterocycles. The van der Waals surface area contributed by atoms with Crippen molar-refractivity contribution in [3.63, 3.8) is 0 Å². The van der Waals surface area contributed by atoms with Gasteiger partial charge in [-0.05, 0) is 18.2 Å². The Labute approximate surface area is 120 Å². The van der Waals surface area contributed by atoms with Crippen LogP contribution in [-0.4, -0.2) is 36.3 Å². The van der Waals surface area contributed by atoms with Crippen molar-refractivity contribution in [2.75, 3.05) is 11.4 Å². The third kappa shape index (κ3) is 3.19. The average Bonchev–Trinajstić information content (AvgIpc) is 2.86. The van der Waals surface area contributed by atoms with Crippen LogP contribution in [0, 0.1) is 5.82 Å². The Morgan fingerprint density at radius 1 is 1.48 bits per heavy atom. The molecular formula is C12H12FN3O4S. The molecule has 1 aromatic carbocycles. The molecule has 0 fully saturated rings. The Balaban J connectivity index is 2.33. The van der Waals surface area contributed by atoms with Crippen LogP contribution in [0.1, 0.15) is 0 Å². The average molecular weight is 313 g/mol. The van der Waals surface area contributed by atoms with Gasteiger partial charge in [0.2, 0.25) is 0 Å². The molecule has 0 atom stereocenters. The number of benzene rings is 1. The van der Waals surface area contributed by atoms with E-state index in [0.29, 0.717) is 0 Å². The highest BCUT2D eigenvalue weighted by Crippen LogP contribution is 2.22. The number of carboxylic acids is 1. The first-order chi connectivity index (χ1) is 9.80. The van der Waals surface area contributed by atoms with E-state index in [1.165, 1.54) is 25.2 Å². The smallest absolute Gasteiger partial charge is 0.325 e. The van der Waals surface area contributed by atoms with Crippen molar-refractivity contribution in [3.05, 3.63) is 42.5 Å². The van der Waals surface area contributed by atoms with Gasteiger partial charge in [0.25, 0.3) is 10.0 Å². The van der Waals surface area contributed by atoms with Gasteiger partial charge < -0.3 is 5.11 Å². The first-order valence-corrected chi connectivity index (χ1v) is 7.23. The molecule has 7 nitrogen and oxygen atoms in total. The summed E-state index contributed by atoms with van der Waals surface area (Å²) in [5.74, 6) is -1.70. The third-order valence-corrected chi connectivity index (χ3v) is 4.48. The molecule has 2 rings (SSSR count). The predicted octanol–water partition coefficient (Wildman–Crippen LogP) is 0.932. The minimum absolute atomic E-state index is 0.154. The van der Waals surface area contributed by atoms with E-state index >= 15 is 0 Å². The molecule has 1 aromatic heterocycles. The van der Waals surface area contributed by atoms with Gasteiger partial charge in [0.1, 0.15) is 17.3 Å². The van der Waals surface area contributed by atoms with Crippen LogP contribution in [0.4, 0.5) is 10.1 Å². The Bertz CT molecular complexity index is 772. The zero-order valence-electron chi connectivity index (χ0n) is 11.0. The van der Waals surface area contributed by atoms with Crippen molar-refractivity contribution in [3.8, 4) is 0 Å². The van der Waals surface area contributed by atoms with E-state index < -0.39 is 28.4 Å². The number of sulfonamides is 1. The maximum absolute atomic E-state index is 13.2. The summed E-state index contributed by atoms with van der Waals surface area (Å²) in [5.41, 5.74) is 0.154. The predicted molar refractivity (Wildman–Crippen MR) is 71.9 cm³/mol. The Morgan fingerprint density at radius 3 is 2.81 bits per heavy atom. The zero-order valence-corrected chi connectivity index (χ0v) is 11.8. The molecule has 0 saturated heterocycles.